The standard InChI is InChI=1S/C21H24F2N6O2S.C2H6/c1-11(8-21(2,3)31)27-20(30)14-10-29(32-23)19-18(14)28-16(9-26-19)17(24)13-6-5-12(22)7-15(13)25-4;1-2/h5-7,9-11,24-25,31H,8H2,1-4H3,(H,27,30);1-2H3. The van der Waals surface area contributed by atoms with E-state index < -0.39 is 17.3 Å². The van der Waals surface area contributed by atoms with Crippen LogP contribution in [0.25, 0.3) is 11.2 Å². The minimum atomic E-state index is -0.974. The summed E-state index contributed by atoms with van der Waals surface area (Å²) in [5.41, 5.74) is 0.256. The molecule has 11 heteroatoms. The van der Waals surface area contributed by atoms with E-state index in [1.165, 1.54) is 30.6 Å². The van der Waals surface area contributed by atoms with Crippen molar-refractivity contribution in [2.24, 2.45) is 0 Å². The van der Waals surface area contributed by atoms with Gasteiger partial charge in [-0.1, -0.05) is 13.8 Å². The van der Waals surface area contributed by atoms with Gasteiger partial charge in [0.05, 0.1) is 23.1 Å². The second kappa shape index (κ2) is 11.4. The fourth-order valence-corrected chi connectivity index (χ4v) is 3.83. The summed E-state index contributed by atoms with van der Waals surface area (Å²) in [5.74, 6) is -0.959. The average Bonchev–Trinajstić information content (AvgIpc) is 3.16. The fourth-order valence-electron chi connectivity index (χ4n) is 3.48. The van der Waals surface area contributed by atoms with E-state index in [1.54, 1.807) is 27.8 Å². The van der Waals surface area contributed by atoms with Crippen molar-refractivity contribution in [1.29, 1.82) is 5.41 Å². The topological polar surface area (TPSA) is 116 Å². The van der Waals surface area contributed by atoms with Gasteiger partial charge in [0.1, 0.15) is 17.0 Å². The Bertz CT molecular complexity index is 1180. The third-order valence-electron chi connectivity index (χ3n) is 4.74. The Morgan fingerprint density at radius 2 is 2.00 bits per heavy atom. The number of carbonyl (C=O) groups is 1. The smallest absolute Gasteiger partial charge is 0.255 e. The SMILES string of the molecule is CC.CNc1cc(F)ccc1C(=N)c1cnc2c(n1)c(C(=O)NC(C)CC(C)(C)O)cn2SF. The molecular formula is C23H30F2N6O2S. The van der Waals surface area contributed by atoms with Crippen LogP contribution in [0.4, 0.5) is 14.0 Å². The van der Waals surface area contributed by atoms with Crippen LogP contribution in [0.3, 0.4) is 0 Å². The Hall–Kier alpha value is -3.05. The van der Waals surface area contributed by atoms with Crippen molar-refractivity contribution in [1.82, 2.24) is 19.3 Å². The summed E-state index contributed by atoms with van der Waals surface area (Å²) in [6.45, 7) is 9.03. The highest BCUT2D eigenvalue weighted by Crippen LogP contribution is 2.25. The largest absolute Gasteiger partial charge is 0.390 e. The zero-order valence-electron chi connectivity index (χ0n) is 20.0. The van der Waals surface area contributed by atoms with Crippen LogP contribution >= 0.6 is 12.3 Å². The van der Waals surface area contributed by atoms with Crippen LogP contribution in [-0.4, -0.2) is 49.4 Å². The zero-order chi connectivity index (χ0) is 25.6. The summed E-state index contributed by atoms with van der Waals surface area (Å²) < 4.78 is 28.1. The van der Waals surface area contributed by atoms with E-state index in [2.05, 4.69) is 20.6 Å². The van der Waals surface area contributed by atoms with Gasteiger partial charge in [-0.25, -0.2) is 18.3 Å². The van der Waals surface area contributed by atoms with E-state index in [4.69, 9.17) is 5.41 Å². The molecule has 2 heterocycles. The predicted octanol–water partition coefficient (Wildman–Crippen LogP) is 4.71. The summed E-state index contributed by atoms with van der Waals surface area (Å²) in [6.07, 6.45) is 2.90. The molecule has 1 atom stereocenters. The van der Waals surface area contributed by atoms with Gasteiger partial charge in [0.25, 0.3) is 5.91 Å². The van der Waals surface area contributed by atoms with Crippen LogP contribution in [0.2, 0.25) is 0 Å². The summed E-state index contributed by atoms with van der Waals surface area (Å²) in [4.78, 5) is 21.5. The highest BCUT2D eigenvalue weighted by atomic mass is 32.2. The Balaban J connectivity index is 0.00000199. The maximum absolute atomic E-state index is 13.6. The predicted molar refractivity (Wildman–Crippen MR) is 133 cm³/mol. The first-order valence-electron chi connectivity index (χ1n) is 10.8. The third kappa shape index (κ3) is 6.29. The van der Waals surface area contributed by atoms with Crippen LogP contribution in [0.5, 0.6) is 0 Å². The lowest BCUT2D eigenvalue weighted by Crippen LogP contribution is -2.38. The number of carbonyl (C=O) groups excluding carboxylic acids is 1. The van der Waals surface area contributed by atoms with Gasteiger partial charge >= 0.3 is 0 Å². The highest BCUT2D eigenvalue weighted by Gasteiger charge is 2.24. The van der Waals surface area contributed by atoms with Crippen molar-refractivity contribution in [3.63, 3.8) is 0 Å². The highest BCUT2D eigenvalue weighted by molar-refractivity contribution is 7.92. The van der Waals surface area contributed by atoms with E-state index in [-0.39, 0.29) is 46.5 Å². The van der Waals surface area contributed by atoms with E-state index in [0.29, 0.717) is 17.7 Å². The second-order valence-corrected chi connectivity index (χ2v) is 8.60. The first-order valence-corrected chi connectivity index (χ1v) is 11.5. The molecule has 0 aliphatic heterocycles. The molecule has 1 amide bonds. The van der Waals surface area contributed by atoms with Crippen LogP contribution in [0.1, 0.15) is 62.7 Å². The molecule has 0 saturated carbocycles. The molecule has 184 valence electrons. The lowest BCUT2D eigenvalue weighted by atomic mass is 10.00. The number of fused-ring (bicyclic) bond motifs is 1. The van der Waals surface area contributed by atoms with Crippen molar-refractivity contribution in [2.45, 2.75) is 52.7 Å². The molecule has 0 radical (unpaired) electrons. The van der Waals surface area contributed by atoms with Crippen LogP contribution in [0.15, 0.2) is 30.6 Å². The average molecular weight is 493 g/mol. The summed E-state index contributed by atoms with van der Waals surface area (Å²) in [7, 11) is 1.61. The van der Waals surface area contributed by atoms with Gasteiger partial charge in [-0.15, -0.1) is 3.89 Å². The molecule has 3 aromatic rings. The van der Waals surface area contributed by atoms with Gasteiger partial charge in [0.15, 0.2) is 18.0 Å². The molecule has 2 aromatic heterocycles. The minimum absolute atomic E-state index is 0.0360. The first-order chi connectivity index (χ1) is 16.0. The third-order valence-corrected chi connectivity index (χ3v) is 5.17. The molecule has 1 unspecified atom stereocenters. The van der Waals surface area contributed by atoms with Crippen molar-refractivity contribution >= 4 is 40.8 Å². The van der Waals surface area contributed by atoms with Crippen molar-refractivity contribution < 1.29 is 18.2 Å². The lowest BCUT2D eigenvalue weighted by Gasteiger charge is -2.22. The summed E-state index contributed by atoms with van der Waals surface area (Å²) in [5, 5.41) is 24.1. The van der Waals surface area contributed by atoms with Crippen molar-refractivity contribution in [3.05, 3.63) is 53.2 Å². The fraction of sp³-hybridized carbons (Fsp3) is 0.391. The van der Waals surface area contributed by atoms with Gasteiger partial charge in [-0.3, -0.25) is 10.2 Å². The molecular weight excluding hydrogens is 462 g/mol. The number of halogens is 2. The number of nitrogens with one attached hydrogen (secondary N) is 3. The van der Waals surface area contributed by atoms with E-state index in [0.717, 1.165) is 3.97 Å². The number of aromatic nitrogens is 3. The van der Waals surface area contributed by atoms with E-state index in [1.807, 2.05) is 13.8 Å². The molecule has 0 saturated heterocycles. The van der Waals surface area contributed by atoms with Gasteiger partial charge in [-0.05, 0) is 45.4 Å². The summed E-state index contributed by atoms with van der Waals surface area (Å²) in [6, 6.07) is 3.58. The molecule has 8 nitrogen and oxygen atoms in total. The van der Waals surface area contributed by atoms with Crippen molar-refractivity contribution in [3.8, 4) is 0 Å². The quantitative estimate of drug-likeness (QED) is 0.338. The molecule has 1 aromatic carbocycles. The Labute approximate surface area is 202 Å². The van der Waals surface area contributed by atoms with Gasteiger partial charge in [-0.2, -0.15) is 0 Å². The molecule has 0 spiro atoms. The summed E-state index contributed by atoms with van der Waals surface area (Å²) >= 11 is -0.127. The van der Waals surface area contributed by atoms with Crippen LogP contribution in [-0.2, 0) is 0 Å². The number of amides is 1. The Morgan fingerprint density at radius 1 is 1.32 bits per heavy atom. The molecule has 0 aliphatic carbocycles. The molecule has 4 N–H and O–H groups in total. The number of benzene rings is 1. The Kier molecular flexibility index (Phi) is 9.11. The maximum Gasteiger partial charge on any atom is 0.255 e. The van der Waals surface area contributed by atoms with Gasteiger partial charge in [0.2, 0.25) is 0 Å². The number of nitrogens with zero attached hydrogens (tertiary/aromatic N) is 3. The van der Waals surface area contributed by atoms with Crippen LogP contribution in [0, 0.1) is 11.2 Å². The molecule has 0 fully saturated rings. The first kappa shape index (κ1) is 27.2. The molecule has 3 rings (SSSR count). The van der Waals surface area contributed by atoms with Crippen molar-refractivity contribution in [2.75, 3.05) is 12.4 Å². The molecule has 0 aliphatic rings. The maximum atomic E-state index is 13.6. The van der Waals surface area contributed by atoms with Gasteiger partial charge < -0.3 is 15.7 Å². The normalized spacial score (nSPS) is 12.0. The number of hydrogen-bond donors (Lipinski definition) is 4. The zero-order valence-corrected chi connectivity index (χ0v) is 20.8. The second-order valence-electron chi connectivity index (χ2n) is 8.07. The number of anilines is 1. The minimum Gasteiger partial charge on any atom is -0.390 e. The number of rotatable bonds is 8. The number of hydrogen-bond acceptors (Lipinski definition) is 7. The van der Waals surface area contributed by atoms with E-state index in [9.17, 15) is 18.2 Å². The Morgan fingerprint density at radius 3 is 2.59 bits per heavy atom. The van der Waals surface area contributed by atoms with E-state index >= 15 is 0 Å². The lowest BCUT2D eigenvalue weighted by molar-refractivity contribution is 0.0593. The number of aliphatic hydroxyl groups is 1. The van der Waals surface area contributed by atoms with Crippen LogP contribution < -0.4 is 10.6 Å². The molecule has 34 heavy (non-hydrogen) atoms. The molecule has 0 bridgehead atoms. The van der Waals surface area contributed by atoms with Gasteiger partial charge in [0, 0.05) is 30.5 Å². The monoisotopic (exact) mass is 492 g/mol.